The molecule has 0 radical (unpaired) electrons. The van der Waals surface area contributed by atoms with Gasteiger partial charge in [-0.25, -0.2) is 9.59 Å². The number of esters is 1. The van der Waals surface area contributed by atoms with Crippen molar-refractivity contribution in [1.82, 2.24) is 10.2 Å². The first kappa shape index (κ1) is 63.9. The Kier molecular flexibility index (Phi) is 41.0. The summed E-state index contributed by atoms with van der Waals surface area (Å²) in [6.45, 7) is 20.7. The first-order valence-electron chi connectivity index (χ1n) is 27.4. The van der Waals surface area contributed by atoms with Crippen molar-refractivity contribution < 1.29 is 42.9 Å². The molecule has 0 aliphatic carbocycles. The second kappa shape index (κ2) is 43.0. The summed E-state index contributed by atoms with van der Waals surface area (Å²) in [5.74, 6) is -1.34. The largest absolute Gasteiger partial charge is 0.508 e. The van der Waals surface area contributed by atoms with Gasteiger partial charge in [0, 0.05) is 19.0 Å². The maximum absolute atomic E-state index is 14.0. The lowest BCUT2D eigenvalue weighted by Gasteiger charge is -2.39. The van der Waals surface area contributed by atoms with E-state index in [4.69, 9.17) is 23.7 Å². The second-order valence-corrected chi connectivity index (χ2v) is 19.7. The normalized spacial score (nSPS) is 12.6. The molecule has 11 nitrogen and oxygen atoms in total. The van der Waals surface area contributed by atoms with Crippen LogP contribution in [0.4, 0.5) is 9.59 Å². The average molecular weight is 949 g/mol. The summed E-state index contributed by atoms with van der Waals surface area (Å²) < 4.78 is 27.8. The summed E-state index contributed by atoms with van der Waals surface area (Å²) in [7, 11) is 0. The van der Waals surface area contributed by atoms with Crippen LogP contribution in [0.25, 0.3) is 0 Å². The van der Waals surface area contributed by atoms with Gasteiger partial charge in [0.25, 0.3) is 0 Å². The fraction of sp³-hybridized carbons (Fsp3) is 0.857. The van der Waals surface area contributed by atoms with Gasteiger partial charge in [-0.05, 0) is 111 Å². The smallest absolute Gasteiger partial charge is 0.462 e. The first-order chi connectivity index (χ1) is 32.3. The number of hydrogen-bond acceptors (Lipinski definition) is 10. The minimum Gasteiger partial charge on any atom is -0.462 e. The molecule has 1 unspecified atom stereocenters. The number of nitrogens with zero attached hydrogens (tertiary/aromatic N) is 1. The number of amides is 1. The quantitative estimate of drug-likeness (QED) is 0.0272. The van der Waals surface area contributed by atoms with Crippen LogP contribution in [0.15, 0.2) is 24.3 Å². The molecule has 11 heteroatoms. The van der Waals surface area contributed by atoms with E-state index in [1.807, 2.05) is 0 Å². The van der Waals surface area contributed by atoms with E-state index in [1.165, 1.54) is 89.9 Å². The van der Waals surface area contributed by atoms with Crippen molar-refractivity contribution in [3.8, 4) is 0 Å². The van der Waals surface area contributed by atoms with Crippen LogP contribution in [0.2, 0.25) is 0 Å². The Morgan fingerprint density at radius 1 is 0.507 bits per heavy atom. The fourth-order valence-corrected chi connectivity index (χ4v) is 7.71. The highest BCUT2D eigenvalue weighted by Gasteiger charge is 2.50. The molecule has 0 aromatic carbocycles. The molecule has 0 saturated carbocycles. The summed E-state index contributed by atoms with van der Waals surface area (Å²) in [5, 5.41) is 2.96. The average Bonchev–Trinajstić information content (AvgIpc) is 3.31. The van der Waals surface area contributed by atoms with E-state index in [1.54, 1.807) is 27.7 Å². The Balaban J connectivity index is 5.24. The summed E-state index contributed by atoms with van der Waals surface area (Å²) in [6, 6.07) is 0. The van der Waals surface area contributed by atoms with E-state index in [0.29, 0.717) is 6.42 Å². The number of unbranched alkanes of at least 4 members (excludes halogenated alkanes) is 19. The molecule has 0 aromatic heterocycles. The van der Waals surface area contributed by atoms with Gasteiger partial charge in [0.1, 0.15) is 19.3 Å². The van der Waals surface area contributed by atoms with Gasteiger partial charge in [0.05, 0.1) is 24.0 Å². The lowest BCUT2D eigenvalue weighted by atomic mass is 9.67. The molecule has 0 spiro atoms. The summed E-state index contributed by atoms with van der Waals surface area (Å²) >= 11 is 0. The van der Waals surface area contributed by atoms with Crippen molar-refractivity contribution in [1.29, 1.82) is 0 Å². The minimum atomic E-state index is -1.16. The van der Waals surface area contributed by atoms with Gasteiger partial charge < -0.3 is 33.9 Å². The van der Waals surface area contributed by atoms with E-state index in [2.05, 4.69) is 69.1 Å². The Labute approximate surface area is 411 Å². The third-order valence-electron chi connectivity index (χ3n) is 13.4. The molecule has 0 aromatic rings. The zero-order valence-electron chi connectivity index (χ0n) is 44.8. The molecule has 0 fully saturated rings. The number of ether oxygens (including phenoxy) is 5. The van der Waals surface area contributed by atoms with Gasteiger partial charge >= 0.3 is 18.3 Å². The topological polar surface area (TPSA) is 130 Å². The van der Waals surface area contributed by atoms with Gasteiger partial charge in [-0.15, -0.1) is 0 Å². The number of rotatable bonds is 45. The number of carbonyl (C=O) groups excluding carboxylic acids is 4. The van der Waals surface area contributed by atoms with Crippen LogP contribution in [0, 0.1) is 16.7 Å². The summed E-state index contributed by atoms with van der Waals surface area (Å²) in [5.41, 5.74) is -2.31. The molecule has 0 rings (SSSR count). The Bertz CT molecular complexity index is 1260. The van der Waals surface area contributed by atoms with Crippen LogP contribution in [0.5, 0.6) is 0 Å². The molecular formula is C56H104N2O9. The maximum Gasteiger partial charge on any atom is 0.508 e. The van der Waals surface area contributed by atoms with Crippen molar-refractivity contribution >= 4 is 24.2 Å². The van der Waals surface area contributed by atoms with Crippen LogP contribution < -0.4 is 5.32 Å². The van der Waals surface area contributed by atoms with Gasteiger partial charge in [-0.1, -0.05) is 162 Å². The predicted octanol–water partition coefficient (Wildman–Crippen LogP) is 15.0. The van der Waals surface area contributed by atoms with E-state index in [0.717, 1.165) is 96.7 Å². The predicted molar refractivity (Wildman–Crippen MR) is 276 cm³/mol. The number of hydrogen-bond donors (Lipinski definition) is 1. The zero-order valence-corrected chi connectivity index (χ0v) is 44.8. The minimum absolute atomic E-state index is 0.0283. The molecule has 1 N–H and O–H groups in total. The Morgan fingerprint density at radius 3 is 1.45 bits per heavy atom. The van der Waals surface area contributed by atoms with Crippen molar-refractivity contribution in [2.45, 2.75) is 242 Å². The molecule has 0 bridgehead atoms. The third kappa shape index (κ3) is 34.0. The van der Waals surface area contributed by atoms with Crippen LogP contribution in [-0.4, -0.2) is 87.8 Å². The van der Waals surface area contributed by atoms with Crippen molar-refractivity contribution in [3.63, 3.8) is 0 Å². The third-order valence-corrected chi connectivity index (χ3v) is 13.4. The zero-order chi connectivity index (χ0) is 49.9. The number of nitrogens with one attached hydrogen (secondary N) is 1. The summed E-state index contributed by atoms with van der Waals surface area (Å²) in [6.07, 6.45) is 37.1. The molecule has 0 heterocycles. The van der Waals surface area contributed by atoms with Crippen molar-refractivity contribution in [2.24, 2.45) is 16.7 Å². The van der Waals surface area contributed by atoms with E-state index in [9.17, 15) is 19.2 Å². The fourth-order valence-electron chi connectivity index (χ4n) is 7.71. The maximum atomic E-state index is 14.0. The standard InChI is InChI=1S/C56H104N2O9/c1-10-15-18-21-24-25-26-27-28-29-30-31-32-33-36-39-44-63-53(61)65-47-49(48-66-54(62)64-45-40-43-58(13-4)14-5)46-57-51(59)55(6,7)56(8,9)52(60)67-50(41-37-34-22-19-16-11-2)42-38-35-23-20-17-12-3/h24-25,27-28,49-50H,10-23,26,29-48H2,1-9H3,(H,57,59)/b25-24-,28-27-. The van der Waals surface area contributed by atoms with Gasteiger partial charge in [-0.3, -0.25) is 9.59 Å². The molecule has 1 amide bonds. The molecular weight excluding hydrogens is 845 g/mol. The summed E-state index contributed by atoms with van der Waals surface area (Å²) in [4.78, 5) is 55.3. The number of carbonyl (C=O) groups is 4. The SMILES string of the molecule is CCCCC/C=C\C/C=C\CCCCCCCCOC(=O)OCC(CNC(=O)C(C)(C)C(C)(C)C(=O)OC(CCCCCCCC)CCCCCCCC)COC(=O)OCCCN(CC)CC. The van der Waals surface area contributed by atoms with E-state index >= 15 is 0 Å². The van der Waals surface area contributed by atoms with E-state index < -0.39 is 29.1 Å². The van der Waals surface area contributed by atoms with E-state index in [-0.39, 0.29) is 51.0 Å². The monoisotopic (exact) mass is 949 g/mol. The van der Waals surface area contributed by atoms with Crippen molar-refractivity contribution in [3.05, 3.63) is 24.3 Å². The van der Waals surface area contributed by atoms with Gasteiger partial charge in [-0.2, -0.15) is 0 Å². The van der Waals surface area contributed by atoms with Gasteiger partial charge in [0.15, 0.2) is 0 Å². The first-order valence-corrected chi connectivity index (χ1v) is 27.4. The molecule has 0 aliphatic heterocycles. The Morgan fingerprint density at radius 2 is 0.940 bits per heavy atom. The molecule has 67 heavy (non-hydrogen) atoms. The Hall–Kier alpha value is -3.08. The van der Waals surface area contributed by atoms with Crippen LogP contribution in [0.3, 0.4) is 0 Å². The van der Waals surface area contributed by atoms with Crippen LogP contribution in [0.1, 0.15) is 236 Å². The lowest BCUT2D eigenvalue weighted by molar-refractivity contribution is -0.171. The highest BCUT2D eigenvalue weighted by molar-refractivity contribution is 5.90. The molecule has 392 valence electrons. The highest BCUT2D eigenvalue weighted by atomic mass is 16.7. The lowest BCUT2D eigenvalue weighted by Crippen LogP contribution is -2.52. The molecule has 1 atom stereocenters. The van der Waals surface area contributed by atoms with Crippen LogP contribution >= 0.6 is 0 Å². The van der Waals surface area contributed by atoms with Crippen LogP contribution in [-0.2, 0) is 33.3 Å². The molecule has 0 aliphatic rings. The second-order valence-electron chi connectivity index (χ2n) is 19.7. The highest BCUT2D eigenvalue weighted by Crippen LogP contribution is 2.40. The number of allylic oxidation sites excluding steroid dienone is 4. The van der Waals surface area contributed by atoms with Gasteiger partial charge in [0.2, 0.25) is 5.91 Å². The van der Waals surface area contributed by atoms with Crippen molar-refractivity contribution in [2.75, 3.05) is 52.6 Å². The molecule has 0 saturated heterocycles.